The van der Waals surface area contributed by atoms with Crippen molar-refractivity contribution < 1.29 is 34.1 Å². The summed E-state index contributed by atoms with van der Waals surface area (Å²) in [7, 11) is 1.07. The van der Waals surface area contributed by atoms with Gasteiger partial charge < -0.3 is 19.7 Å². The summed E-state index contributed by atoms with van der Waals surface area (Å²) in [4.78, 5) is 33.4. The number of carboxylic acid groups (broad SMARTS) is 1. The minimum atomic E-state index is -1.50. The molecule has 2 N–H and O–H groups in total. The molecule has 0 unspecified atom stereocenters. The quantitative estimate of drug-likeness (QED) is 0.594. The molecule has 1 atom stereocenters. The van der Waals surface area contributed by atoms with Crippen LogP contribution in [0.4, 0.5) is 0 Å². The average molecular weight is 294 g/mol. The Balaban J connectivity index is 2.66. The molecule has 0 aliphatic heterocycles. The SMILES string of the molecule is COC(=O)[C@H](CC(=O)O)OC(=O)/C=C\c1ccc(O)cc1. The molecule has 7 heteroatoms. The van der Waals surface area contributed by atoms with Gasteiger partial charge in [0.05, 0.1) is 13.5 Å². The number of esters is 2. The molecule has 0 bridgehead atoms. The molecule has 7 nitrogen and oxygen atoms in total. The maximum atomic E-state index is 11.5. The molecule has 0 saturated carbocycles. The molecule has 0 aliphatic rings. The van der Waals surface area contributed by atoms with Crippen LogP contribution in [0.1, 0.15) is 12.0 Å². The van der Waals surface area contributed by atoms with Gasteiger partial charge in [0.15, 0.2) is 0 Å². The number of carbonyl (C=O) groups is 3. The van der Waals surface area contributed by atoms with Crippen molar-refractivity contribution >= 4 is 24.0 Å². The molecular weight excluding hydrogens is 280 g/mol. The van der Waals surface area contributed by atoms with E-state index in [4.69, 9.17) is 14.9 Å². The standard InChI is InChI=1S/C14H14O7/c1-20-14(19)11(8-12(16)17)21-13(18)7-4-9-2-5-10(15)6-3-9/h2-7,11,15H,8H2,1H3,(H,16,17)/b7-4-/t11-/m0/s1. The molecule has 0 fully saturated rings. The van der Waals surface area contributed by atoms with E-state index in [-0.39, 0.29) is 5.75 Å². The molecule has 1 aromatic rings. The van der Waals surface area contributed by atoms with E-state index >= 15 is 0 Å². The van der Waals surface area contributed by atoms with E-state index in [0.29, 0.717) is 5.56 Å². The second-order valence-corrected chi connectivity index (χ2v) is 3.97. The van der Waals surface area contributed by atoms with Gasteiger partial charge in [0, 0.05) is 6.08 Å². The Bertz CT molecular complexity index is 545. The Kier molecular flexibility index (Phi) is 5.94. The molecule has 21 heavy (non-hydrogen) atoms. The number of hydrogen-bond donors (Lipinski definition) is 2. The zero-order chi connectivity index (χ0) is 15.8. The summed E-state index contributed by atoms with van der Waals surface area (Å²) in [6, 6.07) is 6.00. The molecule has 1 rings (SSSR count). The normalized spacial score (nSPS) is 11.9. The van der Waals surface area contributed by atoms with Gasteiger partial charge in [0.2, 0.25) is 6.10 Å². The van der Waals surface area contributed by atoms with Gasteiger partial charge in [-0.1, -0.05) is 12.1 Å². The second kappa shape index (κ2) is 7.68. The first kappa shape index (κ1) is 16.2. The van der Waals surface area contributed by atoms with Crippen LogP contribution >= 0.6 is 0 Å². The van der Waals surface area contributed by atoms with E-state index in [1.807, 2.05) is 0 Å². The summed E-state index contributed by atoms with van der Waals surface area (Å²) in [5.74, 6) is -3.02. The van der Waals surface area contributed by atoms with Crippen LogP contribution in [-0.2, 0) is 23.9 Å². The Morgan fingerprint density at radius 2 is 1.86 bits per heavy atom. The summed E-state index contributed by atoms with van der Waals surface area (Å²) >= 11 is 0. The molecule has 0 aliphatic carbocycles. The number of benzene rings is 1. The van der Waals surface area contributed by atoms with Crippen molar-refractivity contribution in [3.8, 4) is 5.75 Å². The summed E-state index contributed by atoms with van der Waals surface area (Å²) < 4.78 is 9.09. The third-order valence-electron chi connectivity index (χ3n) is 2.39. The van der Waals surface area contributed by atoms with Gasteiger partial charge in [-0.25, -0.2) is 9.59 Å². The van der Waals surface area contributed by atoms with Gasteiger partial charge in [0.1, 0.15) is 5.75 Å². The maximum absolute atomic E-state index is 11.5. The van der Waals surface area contributed by atoms with E-state index in [2.05, 4.69) is 4.74 Å². The number of rotatable bonds is 6. The highest BCUT2D eigenvalue weighted by Gasteiger charge is 2.25. The molecule has 112 valence electrons. The van der Waals surface area contributed by atoms with E-state index in [1.165, 1.54) is 18.2 Å². The van der Waals surface area contributed by atoms with Crippen LogP contribution in [-0.4, -0.2) is 41.3 Å². The number of phenolic OH excluding ortho intramolecular Hbond substituents is 1. The predicted octanol–water partition coefficient (Wildman–Crippen LogP) is 0.965. The number of methoxy groups -OCH3 is 1. The van der Waals surface area contributed by atoms with Crippen LogP contribution < -0.4 is 0 Å². The highest BCUT2D eigenvalue weighted by Crippen LogP contribution is 2.11. The summed E-state index contributed by atoms with van der Waals surface area (Å²) in [5, 5.41) is 17.7. The second-order valence-electron chi connectivity index (χ2n) is 3.97. The Morgan fingerprint density at radius 1 is 1.24 bits per heavy atom. The Labute approximate surface area is 120 Å². The van der Waals surface area contributed by atoms with Gasteiger partial charge in [-0.15, -0.1) is 0 Å². The highest BCUT2D eigenvalue weighted by molar-refractivity contribution is 5.90. The molecule has 0 amide bonds. The van der Waals surface area contributed by atoms with Gasteiger partial charge in [-0.2, -0.15) is 0 Å². The molecule has 0 spiro atoms. The number of phenols is 1. The van der Waals surface area contributed by atoms with Gasteiger partial charge in [0.25, 0.3) is 0 Å². The van der Waals surface area contributed by atoms with Crippen molar-refractivity contribution in [1.29, 1.82) is 0 Å². The maximum Gasteiger partial charge on any atom is 0.347 e. The lowest BCUT2D eigenvalue weighted by Crippen LogP contribution is -2.30. The first-order valence-corrected chi connectivity index (χ1v) is 5.89. The third kappa shape index (κ3) is 5.77. The minimum Gasteiger partial charge on any atom is -0.508 e. The lowest BCUT2D eigenvalue weighted by Gasteiger charge is -2.12. The van der Waals surface area contributed by atoms with E-state index < -0.39 is 30.4 Å². The third-order valence-corrected chi connectivity index (χ3v) is 2.39. The number of ether oxygens (including phenoxy) is 2. The number of carbonyl (C=O) groups excluding carboxylic acids is 2. The van der Waals surface area contributed by atoms with Crippen LogP contribution in [0.15, 0.2) is 30.3 Å². The summed E-state index contributed by atoms with van der Waals surface area (Å²) in [5.41, 5.74) is 0.623. The molecule has 0 heterocycles. The fraction of sp³-hybridized carbons (Fsp3) is 0.214. The van der Waals surface area contributed by atoms with Crippen molar-refractivity contribution in [2.24, 2.45) is 0 Å². The van der Waals surface area contributed by atoms with Crippen molar-refractivity contribution in [2.45, 2.75) is 12.5 Å². The molecule has 1 aromatic carbocycles. The Hall–Kier alpha value is -2.83. The smallest absolute Gasteiger partial charge is 0.347 e. The number of carboxylic acids is 1. The zero-order valence-corrected chi connectivity index (χ0v) is 11.2. The van der Waals surface area contributed by atoms with Crippen LogP contribution in [0, 0.1) is 0 Å². The van der Waals surface area contributed by atoms with Crippen molar-refractivity contribution in [2.75, 3.05) is 7.11 Å². The summed E-state index contributed by atoms with van der Waals surface area (Å²) in [6.07, 6.45) is 0.274. The van der Waals surface area contributed by atoms with E-state index in [9.17, 15) is 14.4 Å². The highest BCUT2D eigenvalue weighted by atomic mass is 16.6. The van der Waals surface area contributed by atoms with Gasteiger partial charge >= 0.3 is 17.9 Å². The average Bonchev–Trinajstić information content (AvgIpc) is 2.44. The first-order chi connectivity index (χ1) is 9.92. The largest absolute Gasteiger partial charge is 0.508 e. The van der Waals surface area contributed by atoms with Crippen molar-refractivity contribution in [3.05, 3.63) is 35.9 Å². The van der Waals surface area contributed by atoms with E-state index in [0.717, 1.165) is 13.2 Å². The number of aromatic hydroxyl groups is 1. The lowest BCUT2D eigenvalue weighted by atomic mass is 10.2. The van der Waals surface area contributed by atoms with Gasteiger partial charge in [-0.3, -0.25) is 4.79 Å². The minimum absolute atomic E-state index is 0.0851. The van der Waals surface area contributed by atoms with Crippen LogP contribution in [0.25, 0.3) is 6.08 Å². The van der Waals surface area contributed by atoms with Crippen molar-refractivity contribution in [3.63, 3.8) is 0 Å². The lowest BCUT2D eigenvalue weighted by molar-refractivity contribution is -0.166. The van der Waals surface area contributed by atoms with E-state index in [1.54, 1.807) is 12.1 Å². The molecule has 0 aromatic heterocycles. The van der Waals surface area contributed by atoms with Gasteiger partial charge in [-0.05, 0) is 23.8 Å². The van der Waals surface area contributed by atoms with Crippen molar-refractivity contribution in [1.82, 2.24) is 0 Å². The molecular formula is C14H14O7. The topological polar surface area (TPSA) is 110 Å². The summed E-state index contributed by atoms with van der Waals surface area (Å²) in [6.45, 7) is 0. The fourth-order valence-electron chi connectivity index (χ4n) is 1.39. The number of hydrogen-bond acceptors (Lipinski definition) is 6. The van der Waals surface area contributed by atoms with Crippen LogP contribution in [0.3, 0.4) is 0 Å². The Morgan fingerprint density at radius 3 is 2.38 bits per heavy atom. The van der Waals surface area contributed by atoms with Crippen LogP contribution in [0.2, 0.25) is 0 Å². The molecule has 0 saturated heterocycles. The fourth-order valence-corrected chi connectivity index (χ4v) is 1.39. The predicted molar refractivity (Wildman–Crippen MR) is 71.3 cm³/mol. The number of aliphatic carboxylic acids is 1. The molecule has 0 radical (unpaired) electrons. The van der Waals surface area contributed by atoms with Crippen LogP contribution in [0.5, 0.6) is 5.75 Å². The zero-order valence-electron chi connectivity index (χ0n) is 11.2. The first-order valence-electron chi connectivity index (χ1n) is 5.89. The monoisotopic (exact) mass is 294 g/mol.